The molecule has 1 aromatic carbocycles. The Morgan fingerprint density at radius 2 is 1.95 bits per heavy atom. The summed E-state index contributed by atoms with van der Waals surface area (Å²) in [6, 6.07) is 2.87. The van der Waals surface area contributed by atoms with E-state index in [-0.39, 0.29) is 11.3 Å². The lowest BCUT2D eigenvalue weighted by atomic mass is 10.1. The van der Waals surface area contributed by atoms with E-state index in [0.717, 1.165) is 43.9 Å². The van der Waals surface area contributed by atoms with Gasteiger partial charge in [-0.1, -0.05) is 12.8 Å². The van der Waals surface area contributed by atoms with Crippen molar-refractivity contribution in [3.05, 3.63) is 29.3 Å². The molecule has 1 saturated carbocycles. The van der Waals surface area contributed by atoms with E-state index in [2.05, 4.69) is 10.7 Å². The Balaban J connectivity index is 2.13. The van der Waals surface area contributed by atoms with Crippen molar-refractivity contribution >= 4 is 11.6 Å². The highest BCUT2D eigenvalue weighted by Crippen LogP contribution is 2.31. The van der Waals surface area contributed by atoms with Gasteiger partial charge in [-0.25, -0.2) is 0 Å². The van der Waals surface area contributed by atoms with Crippen molar-refractivity contribution in [3.63, 3.8) is 0 Å². The number of nitrogens with one attached hydrogen (secondary N) is 2. The summed E-state index contributed by atoms with van der Waals surface area (Å²) in [5, 5.41) is 2.69. The molecule has 1 aliphatic rings. The summed E-state index contributed by atoms with van der Waals surface area (Å²) in [5.74, 6) is 5.12. The lowest BCUT2D eigenvalue weighted by molar-refractivity contribution is -0.137. The quantitative estimate of drug-likeness (QED) is 0.592. The molecule has 2 rings (SSSR count). The largest absolute Gasteiger partial charge is 0.416 e. The highest BCUT2D eigenvalue weighted by molar-refractivity contribution is 5.99. The van der Waals surface area contributed by atoms with E-state index < -0.39 is 17.6 Å². The molecule has 0 aromatic heterocycles. The van der Waals surface area contributed by atoms with Gasteiger partial charge in [0, 0.05) is 6.54 Å². The van der Waals surface area contributed by atoms with Gasteiger partial charge in [0.1, 0.15) is 0 Å². The van der Waals surface area contributed by atoms with Crippen molar-refractivity contribution in [2.24, 2.45) is 11.8 Å². The first kappa shape index (κ1) is 15.6. The predicted molar refractivity (Wildman–Crippen MR) is 73.5 cm³/mol. The molecule has 0 saturated heterocycles. The van der Waals surface area contributed by atoms with Gasteiger partial charge in [-0.05, 0) is 37.0 Å². The lowest BCUT2D eigenvalue weighted by Crippen LogP contribution is -2.29. The van der Waals surface area contributed by atoms with Crippen LogP contribution in [0.3, 0.4) is 0 Å². The zero-order valence-electron chi connectivity index (χ0n) is 11.5. The van der Waals surface area contributed by atoms with Crippen molar-refractivity contribution in [2.45, 2.75) is 31.9 Å². The SMILES string of the molecule is NNc1ccc(C(F)(F)F)cc1C(=O)NCC1CCCC1. The van der Waals surface area contributed by atoms with Gasteiger partial charge in [0.25, 0.3) is 5.91 Å². The van der Waals surface area contributed by atoms with Gasteiger partial charge in [-0.3, -0.25) is 10.6 Å². The molecule has 0 atom stereocenters. The third kappa shape index (κ3) is 3.87. The number of benzene rings is 1. The average Bonchev–Trinajstić information content (AvgIpc) is 2.96. The van der Waals surface area contributed by atoms with Gasteiger partial charge >= 0.3 is 6.18 Å². The second-order valence-electron chi connectivity index (χ2n) is 5.26. The molecular formula is C14H18F3N3O. The molecule has 0 bridgehead atoms. The number of rotatable bonds is 4. The Kier molecular flexibility index (Phi) is 4.72. The maximum atomic E-state index is 12.7. The minimum atomic E-state index is -4.49. The van der Waals surface area contributed by atoms with Crippen LogP contribution in [0.1, 0.15) is 41.6 Å². The van der Waals surface area contributed by atoms with Crippen molar-refractivity contribution in [1.82, 2.24) is 5.32 Å². The van der Waals surface area contributed by atoms with Crippen LogP contribution in [0, 0.1) is 5.92 Å². The van der Waals surface area contributed by atoms with E-state index in [1.54, 1.807) is 0 Å². The highest BCUT2D eigenvalue weighted by atomic mass is 19.4. The number of alkyl halides is 3. The summed E-state index contributed by atoms with van der Waals surface area (Å²) in [4.78, 5) is 12.1. The molecule has 0 heterocycles. The average molecular weight is 301 g/mol. The maximum absolute atomic E-state index is 12.7. The summed E-state index contributed by atoms with van der Waals surface area (Å²) in [5.41, 5.74) is 1.47. The number of nitrogens with two attached hydrogens (primary N) is 1. The molecule has 0 aliphatic heterocycles. The van der Waals surface area contributed by atoms with Crippen LogP contribution < -0.4 is 16.6 Å². The maximum Gasteiger partial charge on any atom is 0.416 e. The molecule has 21 heavy (non-hydrogen) atoms. The minimum Gasteiger partial charge on any atom is -0.352 e. The Morgan fingerprint density at radius 3 is 2.52 bits per heavy atom. The molecule has 0 radical (unpaired) electrons. The number of hydrazine groups is 1. The number of hydrogen-bond acceptors (Lipinski definition) is 3. The number of amides is 1. The zero-order valence-corrected chi connectivity index (χ0v) is 11.5. The van der Waals surface area contributed by atoms with Crippen LogP contribution in [-0.4, -0.2) is 12.5 Å². The van der Waals surface area contributed by atoms with Gasteiger partial charge in [-0.15, -0.1) is 0 Å². The van der Waals surface area contributed by atoms with Gasteiger partial charge in [0.2, 0.25) is 0 Å². The standard InChI is InChI=1S/C14H18F3N3O/c15-14(16,17)10-5-6-12(20-18)11(7-10)13(21)19-8-9-3-1-2-4-9/h5-7,9,20H,1-4,8,18H2,(H,19,21). The smallest absolute Gasteiger partial charge is 0.352 e. The number of carbonyl (C=O) groups excluding carboxylic acids is 1. The Bertz CT molecular complexity index is 511. The fraction of sp³-hybridized carbons (Fsp3) is 0.500. The summed E-state index contributed by atoms with van der Waals surface area (Å²) >= 11 is 0. The normalized spacial score (nSPS) is 16.0. The van der Waals surface area contributed by atoms with Gasteiger partial charge in [-0.2, -0.15) is 13.2 Å². The number of halogens is 3. The lowest BCUT2D eigenvalue weighted by Gasteiger charge is -2.15. The van der Waals surface area contributed by atoms with Crippen molar-refractivity contribution in [1.29, 1.82) is 0 Å². The van der Waals surface area contributed by atoms with E-state index in [4.69, 9.17) is 5.84 Å². The molecule has 4 nitrogen and oxygen atoms in total. The van der Waals surface area contributed by atoms with Crippen LogP contribution in [0.2, 0.25) is 0 Å². The van der Waals surface area contributed by atoms with Gasteiger partial charge in [0.05, 0.1) is 16.8 Å². The first-order chi connectivity index (χ1) is 9.91. The van der Waals surface area contributed by atoms with Crippen LogP contribution in [0.4, 0.5) is 18.9 Å². The van der Waals surface area contributed by atoms with Gasteiger partial charge in [0.15, 0.2) is 0 Å². The van der Waals surface area contributed by atoms with Crippen LogP contribution in [0.25, 0.3) is 0 Å². The third-order valence-electron chi connectivity index (χ3n) is 3.77. The number of nitrogen functional groups attached to an aromatic ring is 1. The predicted octanol–water partition coefficient (Wildman–Crippen LogP) is 2.91. The van der Waals surface area contributed by atoms with Crippen molar-refractivity contribution < 1.29 is 18.0 Å². The fourth-order valence-corrected chi connectivity index (χ4v) is 2.58. The molecular weight excluding hydrogens is 283 g/mol. The number of carbonyl (C=O) groups is 1. The molecule has 1 aromatic rings. The van der Waals surface area contributed by atoms with E-state index in [9.17, 15) is 18.0 Å². The third-order valence-corrected chi connectivity index (χ3v) is 3.77. The molecule has 1 fully saturated rings. The summed E-state index contributed by atoms with van der Waals surface area (Å²) in [6.07, 6.45) is -0.122. The molecule has 1 amide bonds. The van der Waals surface area contributed by atoms with Crippen LogP contribution >= 0.6 is 0 Å². The molecule has 0 spiro atoms. The Morgan fingerprint density at radius 1 is 1.29 bits per heavy atom. The second kappa shape index (κ2) is 6.34. The molecule has 4 N–H and O–H groups in total. The van der Waals surface area contributed by atoms with E-state index in [1.807, 2.05) is 0 Å². The zero-order chi connectivity index (χ0) is 15.5. The Hall–Kier alpha value is -1.76. The van der Waals surface area contributed by atoms with E-state index in [0.29, 0.717) is 12.5 Å². The molecule has 0 unspecified atom stereocenters. The summed E-state index contributed by atoms with van der Waals surface area (Å²) < 4.78 is 38.1. The van der Waals surface area contributed by atoms with Gasteiger partial charge < -0.3 is 10.7 Å². The summed E-state index contributed by atoms with van der Waals surface area (Å²) in [6.45, 7) is 0.485. The van der Waals surface area contributed by atoms with Crippen molar-refractivity contribution in [2.75, 3.05) is 12.0 Å². The molecule has 116 valence electrons. The fourth-order valence-electron chi connectivity index (χ4n) is 2.58. The first-order valence-electron chi connectivity index (χ1n) is 6.88. The number of hydrogen-bond donors (Lipinski definition) is 3. The topological polar surface area (TPSA) is 67.1 Å². The van der Waals surface area contributed by atoms with E-state index >= 15 is 0 Å². The number of anilines is 1. The summed E-state index contributed by atoms with van der Waals surface area (Å²) in [7, 11) is 0. The molecule has 1 aliphatic carbocycles. The molecule has 7 heteroatoms. The first-order valence-corrected chi connectivity index (χ1v) is 6.88. The second-order valence-corrected chi connectivity index (χ2v) is 5.26. The van der Waals surface area contributed by atoms with E-state index in [1.165, 1.54) is 0 Å². The van der Waals surface area contributed by atoms with Crippen LogP contribution in [-0.2, 0) is 6.18 Å². The Labute approximate surface area is 120 Å². The van der Waals surface area contributed by atoms with Crippen LogP contribution in [0.15, 0.2) is 18.2 Å². The van der Waals surface area contributed by atoms with Crippen molar-refractivity contribution in [3.8, 4) is 0 Å². The van der Waals surface area contributed by atoms with Crippen LogP contribution in [0.5, 0.6) is 0 Å². The minimum absolute atomic E-state index is 0.0923. The monoisotopic (exact) mass is 301 g/mol. The highest BCUT2D eigenvalue weighted by Gasteiger charge is 2.31.